The summed E-state index contributed by atoms with van der Waals surface area (Å²) >= 11 is 0. The predicted octanol–water partition coefficient (Wildman–Crippen LogP) is 3.79. The second-order valence-corrected chi connectivity index (χ2v) is 8.58. The molecule has 2 aromatic rings. The van der Waals surface area contributed by atoms with Gasteiger partial charge in [0.25, 0.3) is 0 Å². The SMILES string of the molecule is CNC[C@H]1CCCc2cc(S(=O)(=O)c3ccccc3)ccc21.O=C(O)C(F)(F)F. The van der Waals surface area contributed by atoms with Crippen LogP contribution in [0.25, 0.3) is 0 Å². The smallest absolute Gasteiger partial charge is 0.475 e. The maximum Gasteiger partial charge on any atom is 0.490 e. The Balaban J connectivity index is 0.000000370. The van der Waals surface area contributed by atoms with E-state index in [0.717, 1.165) is 19.4 Å². The van der Waals surface area contributed by atoms with E-state index >= 15 is 0 Å². The third kappa shape index (κ3) is 5.80. The van der Waals surface area contributed by atoms with E-state index in [0.29, 0.717) is 15.7 Å². The van der Waals surface area contributed by atoms with Crippen LogP contribution >= 0.6 is 0 Å². The van der Waals surface area contributed by atoms with Gasteiger partial charge in [-0.1, -0.05) is 24.3 Å². The van der Waals surface area contributed by atoms with Gasteiger partial charge >= 0.3 is 12.1 Å². The number of hydrogen-bond acceptors (Lipinski definition) is 4. The fourth-order valence-electron chi connectivity index (χ4n) is 3.25. The Morgan fingerprint density at radius 3 is 2.31 bits per heavy atom. The van der Waals surface area contributed by atoms with Gasteiger partial charge in [0, 0.05) is 6.54 Å². The molecule has 0 saturated heterocycles. The van der Waals surface area contributed by atoms with E-state index in [2.05, 4.69) is 5.32 Å². The molecule has 0 amide bonds. The minimum Gasteiger partial charge on any atom is -0.475 e. The third-order valence-electron chi connectivity index (χ3n) is 4.61. The van der Waals surface area contributed by atoms with Crippen molar-refractivity contribution in [1.29, 1.82) is 0 Å². The predicted molar refractivity (Wildman–Crippen MR) is 102 cm³/mol. The van der Waals surface area contributed by atoms with E-state index < -0.39 is 22.0 Å². The fourth-order valence-corrected chi connectivity index (χ4v) is 4.58. The molecule has 9 heteroatoms. The topological polar surface area (TPSA) is 83.5 Å². The molecule has 1 atom stereocenters. The van der Waals surface area contributed by atoms with Crippen LogP contribution in [0.2, 0.25) is 0 Å². The van der Waals surface area contributed by atoms with Gasteiger partial charge in [0.2, 0.25) is 9.84 Å². The van der Waals surface area contributed by atoms with Crippen LogP contribution in [0.3, 0.4) is 0 Å². The van der Waals surface area contributed by atoms with Crippen LogP contribution in [0.4, 0.5) is 13.2 Å². The lowest BCUT2D eigenvalue weighted by Gasteiger charge is -2.25. The van der Waals surface area contributed by atoms with E-state index in [1.807, 2.05) is 25.2 Å². The summed E-state index contributed by atoms with van der Waals surface area (Å²) in [5.41, 5.74) is 2.48. The summed E-state index contributed by atoms with van der Waals surface area (Å²) in [5.74, 6) is -2.27. The van der Waals surface area contributed by atoms with Crippen LogP contribution in [0.5, 0.6) is 0 Å². The summed E-state index contributed by atoms with van der Waals surface area (Å²) in [6, 6.07) is 14.3. The van der Waals surface area contributed by atoms with E-state index in [-0.39, 0.29) is 0 Å². The number of hydrogen-bond donors (Lipinski definition) is 2. The molecule has 2 aromatic carbocycles. The average Bonchev–Trinajstić information content (AvgIpc) is 2.68. The highest BCUT2D eigenvalue weighted by molar-refractivity contribution is 7.91. The van der Waals surface area contributed by atoms with Gasteiger partial charge in [-0.2, -0.15) is 13.2 Å². The fraction of sp³-hybridized carbons (Fsp3) is 0.350. The number of sulfone groups is 1. The number of rotatable bonds is 4. The molecule has 0 fully saturated rings. The van der Waals surface area contributed by atoms with E-state index in [1.165, 1.54) is 17.5 Å². The van der Waals surface area contributed by atoms with Crippen molar-refractivity contribution in [3.8, 4) is 0 Å². The number of nitrogens with one attached hydrogen (secondary N) is 1. The van der Waals surface area contributed by atoms with Gasteiger partial charge in [-0.05, 0) is 67.6 Å². The van der Waals surface area contributed by atoms with Gasteiger partial charge in [-0.25, -0.2) is 13.2 Å². The summed E-state index contributed by atoms with van der Waals surface area (Å²) < 4.78 is 57.2. The Kier molecular flexibility index (Phi) is 7.43. The van der Waals surface area contributed by atoms with Gasteiger partial charge in [-0.15, -0.1) is 0 Å². The number of alkyl halides is 3. The average molecular weight is 429 g/mol. The molecule has 0 aromatic heterocycles. The van der Waals surface area contributed by atoms with Crippen LogP contribution in [0.1, 0.15) is 29.9 Å². The summed E-state index contributed by atoms with van der Waals surface area (Å²) in [6.07, 6.45) is -1.83. The first-order chi connectivity index (χ1) is 13.6. The molecular weight excluding hydrogens is 407 g/mol. The van der Waals surface area contributed by atoms with Crippen LogP contribution in [0, 0.1) is 0 Å². The highest BCUT2D eigenvalue weighted by atomic mass is 32.2. The molecule has 1 aliphatic rings. The highest BCUT2D eigenvalue weighted by Gasteiger charge is 2.38. The number of benzene rings is 2. The Bertz CT molecular complexity index is 944. The highest BCUT2D eigenvalue weighted by Crippen LogP contribution is 2.33. The minimum atomic E-state index is -5.08. The van der Waals surface area contributed by atoms with Gasteiger partial charge < -0.3 is 10.4 Å². The molecule has 0 bridgehead atoms. The Morgan fingerprint density at radius 1 is 1.14 bits per heavy atom. The zero-order chi connectivity index (χ0) is 21.7. The largest absolute Gasteiger partial charge is 0.490 e. The molecule has 0 unspecified atom stereocenters. The summed E-state index contributed by atoms with van der Waals surface area (Å²) in [4.78, 5) is 9.66. The monoisotopic (exact) mass is 429 g/mol. The molecule has 158 valence electrons. The molecule has 29 heavy (non-hydrogen) atoms. The van der Waals surface area contributed by atoms with Crippen molar-refractivity contribution in [3.05, 3.63) is 59.7 Å². The van der Waals surface area contributed by atoms with E-state index in [4.69, 9.17) is 9.90 Å². The lowest BCUT2D eigenvalue weighted by molar-refractivity contribution is -0.192. The number of halogens is 3. The number of fused-ring (bicyclic) bond motifs is 1. The molecular formula is C20H22F3NO4S. The van der Waals surface area contributed by atoms with E-state index in [1.54, 1.807) is 30.3 Å². The second kappa shape index (κ2) is 9.41. The van der Waals surface area contributed by atoms with Crippen LogP contribution in [0.15, 0.2) is 58.3 Å². The van der Waals surface area contributed by atoms with Crippen LogP contribution in [-0.4, -0.2) is 39.3 Å². The Labute approximate surface area is 167 Å². The van der Waals surface area contributed by atoms with Gasteiger partial charge in [0.1, 0.15) is 0 Å². The molecule has 0 radical (unpaired) electrons. The lowest BCUT2D eigenvalue weighted by Crippen LogP contribution is -2.21. The number of carboxylic acids is 1. The second-order valence-electron chi connectivity index (χ2n) is 6.63. The summed E-state index contributed by atoms with van der Waals surface area (Å²) in [7, 11) is -1.46. The van der Waals surface area contributed by atoms with Crippen molar-refractivity contribution in [3.63, 3.8) is 0 Å². The molecule has 1 aliphatic carbocycles. The number of likely N-dealkylation sites (N-methyl/N-ethyl adjacent to an activating group) is 1. The maximum atomic E-state index is 12.7. The first kappa shape index (κ1) is 22.9. The molecule has 3 rings (SSSR count). The first-order valence-electron chi connectivity index (χ1n) is 8.95. The van der Waals surface area contributed by atoms with Crippen LogP contribution < -0.4 is 5.32 Å². The standard InChI is InChI=1S/C18H21NO2S.C2HF3O2/c1-19-13-15-7-5-6-14-12-17(10-11-18(14)15)22(20,21)16-8-3-2-4-9-16;3-2(4,5)1(6)7/h2-4,8-12,15,19H,5-7,13H2,1H3;(H,6,7)/t15-;/m1./s1. The molecule has 0 heterocycles. The lowest BCUT2D eigenvalue weighted by atomic mass is 9.83. The maximum absolute atomic E-state index is 12.7. The van der Waals surface area contributed by atoms with Crippen molar-refractivity contribution in [2.24, 2.45) is 0 Å². The van der Waals surface area contributed by atoms with Crippen molar-refractivity contribution in [2.75, 3.05) is 13.6 Å². The first-order valence-corrected chi connectivity index (χ1v) is 10.4. The van der Waals surface area contributed by atoms with Gasteiger partial charge in [0.15, 0.2) is 0 Å². The van der Waals surface area contributed by atoms with Crippen LogP contribution in [-0.2, 0) is 21.1 Å². The zero-order valence-electron chi connectivity index (χ0n) is 15.7. The van der Waals surface area contributed by atoms with E-state index in [9.17, 15) is 21.6 Å². The normalized spacial score (nSPS) is 16.3. The van der Waals surface area contributed by atoms with Gasteiger partial charge in [0.05, 0.1) is 9.79 Å². The minimum absolute atomic E-state index is 0.359. The number of aryl methyl sites for hydroxylation is 1. The number of carboxylic acid groups (broad SMARTS) is 1. The van der Waals surface area contributed by atoms with Crippen molar-refractivity contribution >= 4 is 15.8 Å². The van der Waals surface area contributed by atoms with Crippen molar-refractivity contribution in [2.45, 2.75) is 41.1 Å². The van der Waals surface area contributed by atoms with Crippen molar-refractivity contribution < 1.29 is 31.5 Å². The Morgan fingerprint density at radius 2 is 1.76 bits per heavy atom. The molecule has 0 aliphatic heterocycles. The summed E-state index contributed by atoms with van der Waals surface area (Å²) in [6.45, 7) is 0.942. The zero-order valence-corrected chi connectivity index (χ0v) is 16.6. The molecule has 0 saturated carbocycles. The summed E-state index contributed by atoms with van der Waals surface area (Å²) in [5, 5.41) is 10.4. The number of aliphatic carboxylic acids is 1. The van der Waals surface area contributed by atoms with Gasteiger partial charge in [-0.3, -0.25) is 0 Å². The molecule has 0 spiro atoms. The molecule has 5 nitrogen and oxygen atoms in total. The molecule has 2 N–H and O–H groups in total. The quantitative estimate of drug-likeness (QED) is 0.773. The Hall–Kier alpha value is -2.39. The van der Waals surface area contributed by atoms with Crippen molar-refractivity contribution in [1.82, 2.24) is 5.32 Å². The number of carbonyl (C=O) groups is 1. The third-order valence-corrected chi connectivity index (χ3v) is 6.38.